The first kappa shape index (κ1) is 12.2. The van der Waals surface area contributed by atoms with Gasteiger partial charge in [-0.15, -0.1) is 0 Å². The fourth-order valence-electron chi connectivity index (χ4n) is 2.02. The van der Waals surface area contributed by atoms with Gasteiger partial charge in [0.05, 0.1) is 0 Å². The average Bonchev–Trinajstić information content (AvgIpc) is 2.52. The van der Waals surface area contributed by atoms with Crippen molar-refractivity contribution in [3.8, 4) is 0 Å². The maximum atomic E-state index is 4.35. The van der Waals surface area contributed by atoms with Crippen LogP contribution in [0.4, 0.5) is 0 Å². The molecule has 86 valence electrons. The summed E-state index contributed by atoms with van der Waals surface area (Å²) in [6.45, 7) is 7.75. The standard InChI is InChI=1S/C12H23N3/c1-5-13-11(3)8-10(2)9-12-14-6-7-15(12)4/h6-7,10-11,13H,5,8-9H2,1-4H3. The lowest BCUT2D eigenvalue weighted by molar-refractivity contribution is 0.418. The molecule has 0 spiro atoms. The highest BCUT2D eigenvalue weighted by molar-refractivity contribution is 4.92. The lowest BCUT2D eigenvalue weighted by atomic mass is 9.99. The van der Waals surface area contributed by atoms with E-state index in [-0.39, 0.29) is 0 Å². The van der Waals surface area contributed by atoms with Gasteiger partial charge in [-0.3, -0.25) is 0 Å². The molecule has 1 aromatic heterocycles. The van der Waals surface area contributed by atoms with Crippen LogP contribution < -0.4 is 5.32 Å². The molecule has 1 N–H and O–H groups in total. The van der Waals surface area contributed by atoms with E-state index in [0.717, 1.165) is 13.0 Å². The molecular formula is C12H23N3. The highest BCUT2D eigenvalue weighted by Crippen LogP contribution is 2.11. The SMILES string of the molecule is CCNC(C)CC(C)Cc1nccn1C. The van der Waals surface area contributed by atoms with Crippen molar-refractivity contribution >= 4 is 0 Å². The van der Waals surface area contributed by atoms with Crippen LogP contribution in [0.1, 0.15) is 33.0 Å². The number of nitrogens with one attached hydrogen (secondary N) is 1. The van der Waals surface area contributed by atoms with E-state index in [1.54, 1.807) is 0 Å². The largest absolute Gasteiger partial charge is 0.338 e. The predicted molar refractivity (Wildman–Crippen MR) is 63.8 cm³/mol. The van der Waals surface area contributed by atoms with Crippen LogP contribution in [0.15, 0.2) is 12.4 Å². The molecular weight excluding hydrogens is 186 g/mol. The number of hydrogen-bond donors (Lipinski definition) is 1. The Hall–Kier alpha value is -0.830. The molecule has 0 aliphatic rings. The molecule has 3 heteroatoms. The summed E-state index contributed by atoms with van der Waals surface area (Å²) in [6.07, 6.45) is 6.16. The van der Waals surface area contributed by atoms with E-state index in [9.17, 15) is 0 Å². The van der Waals surface area contributed by atoms with Gasteiger partial charge in [0.15, 0.2) is 0 Å². The van der Waals surface area contributed by atoms with Crippen LogP contribution in [0.2, 0.25) is 0 Å². The molecule has 2 atom stereocenters. The van der Waals surface area contributed by atoms with E-state index in [0.29, 0.717) is 12.0 Å². The average molecular weight is 209 g/mol. The van der Waals surface area contributed by atoms with E-state index >= 15 is 0 Å². The Kier molecular flexibility index (Phi) is 4.82. The smallest absolute Gasteiger partial charge is 0.108 e. The first-order chi connectivity index (χ1) is 7.13. The summed E-state index contributed by atoms with van der Waals surface area (Å²) in [5.41, 5.74) is 0. The molecule has 0 radical (unpaired) electrons. The fourth-order valence-corrected chi connectivity index (χ4v) is 2.02. The molecule has 0 aliphatic heterocycles. The minimum Gasteiger partial charge on any atom is -0.338 e. The quantitative estimate of drug-likeness (QED) is 0.776. The van der Waals surface area contributed by atoms with Gasteiger partial charge >= 0.3 is 0 Å². The zero-order valence-electron chi connectivity index (χ0n) is 10.3. The van der Waals surface area contributed by atoms with Crippen LogP contribution >= 0.6 is 0 Å². The molecule has 2 unspecified atom stereocenters. The van der Waals surface area contributed by atoms with Crippen LogP contribution in [-0.4, -0.2) is 22.1 Å². The topological polar surface area (TPSA) is 29.9 Å². The Balaban J connectivity index is 2.36. The van der Waals surface area contributed by atoms with Gasteiger partial charge in [0, 0.05) is 31.9 Å². The number of nitrogens with zero attached hydrogens (tertiary/aromatic N) is 2. The summed E-state index contributed by atoms with van der Waals surface area (Å²) in [5, 5.41) is 3.44. The molecule has 0 saturated heterocycles. The molecule has 0 amide bonds. The van der Waals surface area contributed by atoms with Crippen molar-refractivity contribution < 1.29 is 0 Å². The van der Waals surface area contributed by atoms with Crippen molar-refractivity contribution in [2.45, 2.75) is 39.7 Å². The van der Waals surface area contributed by atoms with Crippen LogP contribution in [0.5, 0.6) is 0 Å². The molecule has 0 aliphatic carbocycles. The van der Waals surface area contributed by atoms with Gasteiger partial charge in [0.1, 0.15) is 5.82 Å². The van der Waals surface area contributed by atoms with E-state index < -0.39 is 0 Å². The molecule has 1 rings (SSSR count). The van der Waals surface area contributed by atoms with Gasteiger partial charge in [-0.05, 0) is 25.8 Å². The van der Waals surface area contributed by atoms with Gasteiger partial charge in [0.25, 0.3) is 0 Å². The molecule has 0 bridgehead atoms. The van der Waals surface area contributed by atoms with Gasteiger partial charge in [-0.2, -0.15) is 0 Å². The monoisotopic (exact) mass is 209 g/mol. The minimum absolute atomic E-state index is 0.602. The molecule has 0 aromatic carbocycles. The molecule has 1 aromatic rings. The lowest BCUT2D eigenvalue weighted by Gasteiger charge is -2.17. The zero-order chi connectivity index (χ0) is 11.3. The number of aryl methyl sites for hydroxylation is 1. The Morgan fingerprint density at radius 3 is 2.73 bits per heavy atom. The summed E-state index contributed by atoms with van der Waals surface area (Å²) in [5.74, 6) is 1.87. The third kappa shape index (κ3) is 4.04. The van der Waals surface area contributed by atoms with E-state index in [1.165, 1.54) is 12.2 Å². The molecule has 0 saturated carbocycles. The van der Waals surface area contributed by atoms with Gasteiger partial charge in [-0.25, -0.2) is 4.98 Å². The van der Waals surface area contributed by atoms with Crippen LogP contribution in [0, 0.1) is 5.92 Å². The number of rotatable bonds is 6. The highest BCUT2D eigenvalue weighted by Gasteiger charge is 2.10. The third-order valence-corrected chi connectivity index (χ3v) is 2.76. The maximum Gasteiger partial charge on any atom is 0.108 e. The van der Waals surface area contributed by atoms with Crippen molar-refractivity contribution in [3.05, 3.63) is 18.2 Å². The first-order valence-electron chi connectivity index (χ1n) is 5.83. The zero-order valence-corrected chi connectivity index (χ0v) is 10.3. The van der Waals surface area contributed by atoms with Crippen molar-refractivity contribution in [2.24, 2.45) is 13.0 Å². The van der Waals surface area contributed by atoms with E-state index in [4.69, 9.17) is 0 Å². The normalized spacial score (nSPS) is 15.2. The summed E-state index contributed by atoms with van der Waals surface area (Å²) in [7, 11) is 2.06. The van der Waals surface area contributed by atoms with Gasteiger partial charge in [-0.1, -0.05) is 13.8 Å². The number of hydrogen-bond acceptors (Lipinski definition) is 2. The Morgan fingerprint density at radius 2 is 2.20 bits per heavy atom. The van der Waals surface area contributed by atoms with Crippen molar-refractivity contribution in [2.75, 3.05) is 6.54 Å². The Morgan fingerprint density at radius 1 is 1.47 bits per heavy atom. The molecule has 15 heavy (non-hydrogen) atoms. The van der Waals surface area contributed by atoms with Gasteiger partial charge < -0.3 is 9.88 Å². The minimum atomic E-state index is 0.602. The molecule has 1 heterocycles. The highest BCUT2D eigenvalue weighted by atomic mass is 15.0. The van der Waals surface area contributed by atoms with Crippen molar-refractivity contribution in [1.29, 1.82) is 0 Å². The summed E-state index contributed by atoms with van der Waals surface area (Å²) >= 11 is 0. The van der Waals surface area contributed by atoms with Crippen LogP contribution in [0.25, 0.3) is 0 Å². The number of aromatic nitrogens is 2. The van der Waals surface area contributed by atoms with Crippen molar-refractivity contribution in [1.82, 2.24) is 14.9 Å². The molecule has 3 nitrogen and oxygen atoms in total. The Labute approximate surface area is 92.9 Å². The van der Waals surface area contributed by atoms with Crippen LogP contribution in [-0.2, 0) is 13.5 Å². The second kappa shape index (κ2) is 5.91. The predicted octanol–water partition coefficient (Wildman–Crippen LogP) is 1.99. The lowest BCUT2D eigenvalue weighted by Crippen LogP contribution is -2.28. The second-order valence-electron chi connectivity index (χ2n) is 4.46. The summed E-state index contributed by atoms with van der Waals surface area (Å²) < 4.78 is 2.11. The van der Waals surface area contributed by atoms with Crippen LogP contribution in [0.3, 0.4) is 0 Å². The third-order valence-electron chi connectivity index (χ3n) is 2.76. The summed E-state index contributed by atoms with van der Waals surface area (Å²) in [4.78, 5) is 4.35. The van der Waals surface area contributed by atoms with E-state index in [2.05, 4.69) is 42.7 Å². The first-order valence-corrected chi connectivity index (χ1v) is 5.83. The second-order valence-corrected chi connectivity index (χ2v) is 4.46. The Bertz CT molecular complexity index is 280. The van der Waals surface area contributed by atoms with E-state index in [1.807, 2.05) is 12.4 Å². The molecule has 0 fully saturated rings. The van der Waals surface area contributed by atoms with Gasteiger partial charge in [0.2, 0.25) is 0 Å². The fraction of sp³-hybridized carbons (Fsp3) is 0.750. The summed E-state index contributed by atoms with van der Waals surface area (Å²) in [6, 6.07) is 0.602. The number of imidazole rings is 1. The maximum absolute atomic E-state index is 4.35. The van der Waals surface area contributed by atoms with Crippen molar-refractivity contribution in [3.63, 3.8) is 0 Å².